The van der Waals surface area contributed by atoms with Crippen LogP contribution in [0.3, 0.4) is 0 Å². The van der Waals surface area contributed by atoms with E-state index < -0.39 is 23.3 Å². The monoisotopic (exact) mass is 738 g/mol. The molecule has 54 heavy (non-hydrogen) atoms. The number of aromatic nitrogens is 4. The molecular formula is C40H50N8O6. The van der Waals surface area contributed by atoms with Gasteiger partial charge in [-0.2, -0.15) is 0 Å². The van der Waals surface area contributed by atoms with Gasteiger partial charge in [-0.25, -0.2) is 19.6 Å². The van der Waals surface area contributed by atoms with E-state index >= 15 is 0 Å². The first-order valence-electron chi connectivity index (χ1n) is 18.3. The number of imidazole rings is 2. The number of nitrogens with one attached hydrogen (secondary N) is 4. The predicted molar refractivity (Wildman–Crippen MR) is 203 cm³/mol. The van der Waals surface area contributed by atoms with Gasteiger partial charge in [0.15, 0.2) is 0 Å². The summed E-state index contributed by atoms with van der Waals surface area (Å²) in [5.74, 6) is 1.03. The van der Waals surface area contributed by atoms with E-state index in [9.17, 15) is 19.2 Å². The summed E-state index contributed by atoms with van der Waals surface area (Å²) in [4.78, 5) is 70.9. The van der Waals surface area contributed by atoms with Gasteiger partial charge in [-0.3, -0.25) is 9.59 Å². The Hall–Kier alpha value is -5.66. The molecule has 0 unspecified atom stereocenters. The molecule has 2 saturated heterocycles. The molecule has 4 atom stereocenters. The van der Waals surface area contributed by atoms with Crippen molar-refractivity contribution < 1.29 is 28.7 Å². The van der Waals surface area contributed by atoms with Crippen LogP contribution in [-0.4, -0.2) is 91.1 Å². The molecule has 2 aliphatic heterocycles. The van der Waals surface area contributed by atoms with Gasteiger partial charge in [0.05, 0.1) is 50.1 Å². The SMILES string of the molecule is COC(=O)NC(C)(C)C(=O)N1[C@@H](C)CC[C@H]1c1ncc(-c2ccc(-c3ccc(-c4cnc([C@@H]5CC[C@H](C)N5C(=O)C(C)(C)NC(=O)OC)[nH]4)cc3)cc2)[nH]1. The number of methoxy groups -OCH3 is 2. The minimum atomic E-state index is -1.14. The van der Waals surface area contributed by atoms with Crippen molar-refractivity contribution in [3.63, 3.8) is 0 Å². The van der Waals surface area contributed by atoms with Crippen LogP contribution in [0, 0.1) is 0 Å². The van der Waals surface area contributed by atoms with Crippen LogP contribution in [0.1, 0.15) is 91.0 Å². The second-order valence-electron chi connectivity index (χ2n) is 15.3. The molecular weight excluding hydrogens is 688 g/mol. The third kappa shape index (κ3) is 7.55. The van der Waals surface area contributed by atoms with Crippen molar-refractivity contribution in [1.29, 1.82) is 0 Å². The lowest BCUT2D eigenvalue weighted by atomic mass is 10.0. The van der Waals surface area contributed by atoms with E-state index in [1.807, 2.05) is 47.9 Å². The van der Waals surface area contributed by atoms with Crippen molar-refractivity contribution in [3.8, 4) is 33.6 Å². The summed E-state index contributed by atoms with van der Waals surface area (Å²) >= 11 is 0. The summed E-state index contributed by atoms with van der Waals surface area (Å²) in [6.45, 7) is 10.7. The summed E-state index contributed by atoms with van der Waals surface area (Å²) in [5.41, 5.74) is 3.45. The van der Waals surface area contributed by atoms with Crippen molar-refractivity contribution in [2.45, 2.75) is 102 Å². The number of alkyl carbamates (subject to hydrolysis) is 2. The van der Waals surface area contributed by atoms with E-state index in [0.717, 1.165) is 59.3 Å². The Kier molecular flexibility index (Phi) is 10.6. The smallest absolute Gasteiger partial charge is 0.407 e. The highest BCUT2D eigenvalue weighted by Crippen LogP contribution is 2.39. The van der Waals surface area contributed by atoms with Crippen molar-refractivity contribution in [2.75, 3.05) is 14.2 Å². The molecule has 2 aromatic heterocycles. The number of benzene rings is 2. The van der Waals surface area contributed by atoms with Crippen LogP contribution < -0.4 is 10.6 Å². The predicted octanol–water partition coefficient (Wildman–Crippen LogP) is 6.51. The Bertz CT molecular complexity index is 1860. The van der Waals surface area contributed by atoms with Gasteiger partial charge in [-0.15, -0.1) is 0 Å². The van der Waals surface area contributed by atoms with E-state index in [1.165, 1.54) is 14.2 Å². The zero-order chi connectivity index (χ0) is 38.9. The third-order valence-electron chi connectivity index (χ3n) is 10.6. The summed E-state index contributed by atoms with van der Waals surface area (Å²) in [6.07, 6.45) is 5.45. The molecule has 4 aromatic rings. The van der Waals surface area contributed by atoms with E-state index in [-0.39, 0.29) is 36.0 Å². The van der Waals surface area contributed by atoms with Crippen molar-refractivity contribution in [3.05, 3.63) is 72.6 Å². The first-order valence-corrected chi connectivity index (χ1v) is 18.3. The average Bonchev–Trinajstić information content (AvgIpc) is 3.97. The maximum absolute atomic E-state index is 13.6. The summed E-state index contributed by atoms with van der Waals surface area (Å²) in [7, 11) is 2.55. The van der Waals surface area contributed by atoms with Gasteiger partial charge >= 0.3 is 12.2 Å². The van der Waals surface area contributed by atoms with Gasteiger partial charge in [0, 0.05) is 12.1 Å². The van der Waals surface area contributed by atoms with Crippen LogP contribution in [0.2, 0.25) is 0 Å². The van der Waals surface area contributed by atoms with E-state index in [0.29, 0.717) is 11.6 Å². The minimum absolute atomic E-state index is 0.0105. The van der Waals surface area contributed by atoms with Crippen molar-refractivity contribution in [1.82, 2.24) is 40.4 Å². The van der Waals surface area contributed by atoms with Crippen LogP contribution in [-0.2, 0) is 19.1 Å². The second kappa shape index (κ2) is 15.0. The highest BCUT2D eigenvalue weighted by Gasteiger charge is 2.45. The van der Waals surface area contributed by atoms with E-state index in [4.69, 9.17) is 9.47 Å². The molecule has 14 nitrogen and oxygen atoms in total. The van der Waals surface area contributed by atoms with Crippen molar-refractivity contribution in [2.24, 2.45) is 0 Å². The normalized spacial score (nSPS) is 20.1. The number of H-pyrrole nitrogens is 2. The minimum Gasteiger partial charge on any atom is -0.453 e. The van der Waals surface area contributed by atoms with Crippen LogP contribution in [0.4, 0.5) is 9.59 Å². The second-order valence-corrected chi connectivity index (χ2v) is 15.3. The highest BCUT2D eigenvalue weighted by molar-refractivity contribution is 5.90. The van der Waals surface area contributed by atoms with Gasteiger partial charge in [-0.1, -0.05) is 48.5 Å². The Balaban J connectivity index is 1.13. The number of likely N-dealkylation sites (tertiary alicyclic amines) is 2. The number of ether oxygens (including phenoxy) is 2. The number of nitrogens with zero attached hydrogens (tertiary/aromatic N) is 4. The molecule has 0 bridgehead atoms. The molecule has 0 aliphatic carbocycles. The van der Waals surface area contributed by atoms with Gasteiger partial charge < -0.3 is 39.9 Å². The molecule has 0 radical (unpaired) electrons. The van der Waals surface area contributed by atoms with Gasteiger partial charge in [0.2, 0.25) is 11.8 Å². The lowest BCUT2D eigenvalue weighted by molar-refractivity contribution is -0.140. The molecule has 2 aliphatic rings. The molecule has 4 amide bonds. The molecule has 4 N–H and O–H groups in total. The molecule has 4 heterocycles. The zero-order valence-corrected chi connectivity index (χ0v) is 32.1. The molecule has 0 spiro atoms. The Morgan fingerprint density at radius 3 is 1.28 bits per heavy atom. The van der Waals surface area contributed by atoms with E-state index in [2.05, 4.69) is 54.8 Å². The van der Waals surface area contributed by atoms with Crippen LogP contribution in [0.5, 0.6) is 0 Å². The molecule has 6 rings (SSSR count). The van der Waals surface area contributed by atoms with Gasteiger partial charge in [0.1, 0.15) is 22.7 Å². The number of carbonyl (C=O) groups is 4. The van der Waals surface area contributed by atoms with Gasteiger partial charge in [-0.05, 0) is 89.5 Å². The number of hydrogen-bond acceptors (Lipinski definition) is 8. The van der Waals surface area contributed by atoms with Gasteiger partial charge in [0.25, 0.3) is 0 Å². The molecule has 0 saturated carbocycles. The molecule has 14 heteroatoms. The highest BCUT2D eigenvalue weighted by atomic mass is 16.5. The van der Waals surface area contributed by atoms with Crippen LogP contribution in [0.25, 0.3) is 33.6 Å². The van der Waals surface area contributed by atoms with Crippen LogP contribution in [0.15, 0.2) is 60.9 Å². The van der Waals surface area contributed by atoms with Crippen LogP contribution >= 0.6 is 0 Å². The number of rotatable bonds is 9. The Morgan fingerprint density at radius 1 is 0.611 bits per heavy atom. The number of aromatic amines is 2. The number of amides is 4. The summed E-state index contributed by atoms with van der Waals surface area (Å²) < 4.78 is 9.46. The standard InChI is InChI=1S/C40H50N8O6/c1-23-9-19-31(47(23)35(49)39(3,4)45-37(51)53-7)33-41-21-29(43-33)27-15-11-25(12-16-27)26-13-17-28(18-14-26)30-22-42-34(44-30)32-20-10-24(2)48(32)36(50)40(5,6)46-38(52)54-8/h11-18,21-24,31-32H,9-10,19-20H2,1-8H3,(H,41,43)(H,42,44)(H,45,51)(H,46,52)/t23-,24-,31-,32-/m0/s1. The topological polar surface area (TPSA) is 175 Å². The summed E-state index contributed by atoms with van der Waals surface area (Å²) in [5, 5.41) is 5.30. The number of hydrogen-bond donors (Lipinski definition) is 4. The van der Waals surface area contributed by atoms with Crippen molar-refractivity contribution >= 4 is 24.0 Å². The maximum atomic E-state index is 13.6. The molecule has 2 fully saturated rings. The lowest BCUT2D eigenvalue weighted by Gasteiger charge is -2.35. The molecule has 2 aromatic carbocycles. The zero-order valence-electron chi connectivity index (χ0n) is 32.1. The quantitative estimate of drug-likeness (QED) is 0.150. The Labute approximate surface area is 315 Å². The fourth-order valence-electron chi connectivity index (χ4n) is 7.54. The average molecular weight is 739 g/mol. The molecule has 286 valence electrons. The largest absolute Gasteiger partial charge is 0.453 e. The third-order valence-corrected chi connectivity index (χ3v) is 10.6. The fourth-order valence-corrected chi connectivity index (χ4v) is 7.54. The maximum Gasteiger partial charge on any atom is 0.407 e. The Morgan fingerprint density at radius 2 is 0.944 bits per heavy atom. The van der Waals surface area contributed by atoms with E-state index in [1.54, 1.807) is 40.1 Å². The first-order chi connectivity index (χ1) is 25.6. The fraction of sp³-hybridized carbons (Fsp3) is 0.450. The number of carbonyl (C=O) groups excluding carboxylic acids is 4. The summed E-state index contributed by atoms with van der Waals surface area (Å²) in [6, 6.07) is 15.9. The lowest BCUT2D eigenvalue weighted by Crippen LogP contribution is -2.57. The first kappa shape index (κ1) is 38.1.